The molecule has 0 aromatic heterocycles. The quantitative estimate of drug-likeness (QED) is 0.472. The standard InChI is InChI=1S/C27H36ClFN2O3/c1-4-14-26(15-5-2)25(27(32-17-18-33-27)20-9-11-22(29)12-10-20)24(13-16-31(26)30-3)34-23-8-6-7-21(28)19-23/h6-12,19,24-25,30H,4-5,13-18H2,1-3H3. The molecule has 2 aromatic carbocycles. The molecule has 0 radical (unpaired) electrons. The molecule has 0 saturated carbocycles. The van der Waals surface area contributed by atoms with Crippen molar-refractivity contribution in [2.45, 2.75) is 63.4 Å². The number of nitrogens with zero attached hydrogens (tertiary/aromatic N) is 1. The summed E-state index contributed by atoms with van der Waals surface area (Å²) in [7, 11) is 1.98. The molecular weight excluding hydrogens is 455 g/mol. The van der Waals surface area contributed by atoms with Crippen LogP contribution in [0.25, 0.3) is 0 Å². The molecule has 2 aliphatic rings. The first-order valence-electron chi connectivity index (χ1n) is 12.4. The summed E-state index contributed by atoms with van der Waals surface area (Å²) >= 11 is 6.28. The molecule has 34 heavy (non-hydrogen) atoms. The molecule has 2 unspecified atom stereocenters. The van der Waals surface area contributed by atoms with E-state index in [9.17, 15) is 4.39 Å². The van der Waals surface area contributed by atoms with Gasteiger partial charge in [-0.3, -0.25) is 5.43 Å². The lowest BCUT2D eigenvalue weighted by Crippen LogP contribution is -2.70. The van der Waals surface area contributed by atoms with E-state index in [0.29, 0.717) is 18.2 Å². The summed E-state index contributed by atoms with van der Waals surface area (Å²) in [5, 5.41) is 3.00. The van der Waals surface area contributed by atoms with Crippen LogP contribution in [0, 0.1) is 11.7 Å². The Labute approximate surface area is 207 Å². The van der Waals surface area contributed by atoms with Crippen LogP contribution in [0.5, 0.6) is 5.75 Å². The van der Waals surface area contributed by atoms with Gasteiger partial charge in [0.1, 0.15) is 17.7 Å². The summed E-state index contributed by atoms with van der Waals surface area (Å²) in [6.45, 7) is 6.21. The Kier molecular flexibility index (Phi) is 8.16. The Morgan fingerprint density at radius 2 is 1.76 bits per heavy atom. The SMILES string of the molecule is CCCC1(CCC)C(C2(c3ccc(F)cc3)OCCO2)C(Oc2cccc(Cl)c2)CCN1NC. The van der Waals surface area contributed by atoms with E-state index in [2.05, 4.69) is 24.3 Å². The molecule has 2 saturated heterocycles. The third-order valence-electron chi connectivity index (χ3n) is 7.22. The van der Waals surface area contributed by atoms with Crippen LogP contribution in [0.4, 0.5) is 4.39 Å². The van der Waals surface area contributed by atoms with Gasteiger partial charge in [0.05, 0.1) is 19.1 Å². The van der Waals surface area contributed by atoms with E-state index in [4.69, 9.17) is 25.8 Å². The van der Waals surface area contributed by atoms with Crippen molar-refractivity contribution in [3.63, 3.8) is 0 Å². The second kappa shape index (κ2) is 10.9. The molecule has 2 fully saturated rings. The third-order valence-corrected chi connectivity index (χ3v) is 7.45. The maximum Gasteiger partial charge on any atom is 0.203 e. The lowest BCUT2D eigenvalue weighted by Gasteiger charge is -2.58. The number of ether oxygens (including phenoxy) is 3. The number of benzene rings is 2. The zero-order chi connectivity index (χ0) is 24.2. The number of halogens is 2. The van der Waals surface area contributed by atoms with E-state index < -0.39 is 5.79 Å². The van der Waals surface area contributed by atoms with Crippen LogP contribution >= 0.6 is 11.6 Å². The fourth-order valence-corrected chi connectivity index (χ4v) is 6.32. The topological polar surface area (TPSA) is 43.0 Å². The number of hydrazine groups is 1. The van der Waals surface area contributed by atoms with Gasteiger partial charge >= 0.3 is 0 Å². The van der Waals surface area contributed by atoms with Crippen LogP contribution in [0.3, 0.4) is 0 Å². The Bertz CT molecular complexity index is 930. The van der Waals surface area contributed by atoms with Gasteiger partial charge in [0.2, 0.25) is 5.79 Å². The largest absolute Gasteiger partial charge is 0.490 e. The minimum absolute atomic E-state index is 0.173. The van der Waals surface area contributed by atoms with E-state index in [1.54, 1.807) is 12.1 Å². The third kappa shape index (κ3) is 4.71. The fourth-order valence-electron chi connectivity index (χ4n) is 6.14. The first kappa shape index (κ1) is 25.4. The van der Waals surface area contributed by atoms with E-state index in [1.807, 2.05) is 31.3 Å². The second-order valence-corrected chi connectivity index (χ2v) is 9.67. The van der Waals surface area contributed by atoms with Crippen molar-refractivity contribution < 1.29 is 18.6 Å². The van der Waals surface area contributed by atoms with Gasteiger partial charge in [-0.05, 0) is 56.6 Å². The van der Waals surface area contributed by atoms with Crippen molar-refractivity contribution in [3.8, 4) is 5.75 Å². The molecule has 1 N–H and O–H groups in total. The number of nitrogens with one attached hydrogen (secondary N) is 1. The van der Waals surface area contributed by atoms with Crippen LogP contribution in [-0.2, 0) is 15.3 Å². The molecule has 186 valence electrons. The molecule has 2 aromatic rings. The number of piperidine rings is 1. The van der Waals surface area contributed by atoms with Gasteiger partial charge in [0, 0.05) is 22.7 Å². The Hall–Kier alpha value is -1.70. The van der Waals surface area contributed by atoms with E-state index >= 15 is 0 Å². The second-order valence-electron chi connectivity index (χ2n) is 9.23. The molecule has 0 spiro atoms. The van der Waals surface area contributed by atoms with Crippen LogP contribution in [0.2, 0.25) is 5.02 Å². The summed E-state index contributed by atoms with van der Waals surface area (Å²) in [4.78, 5) is 0. The minimum Gasteiger partial charge on any atom is -0.490 e. The van der Waals surface area contributed by atoms with E-state index in [0.717, 1.165) is 50.0 Å². The molecular formula is C27H36ClFN2O3. The Balaban J connectivity index is 1.88. The maximum atomic E-state index is 13.9. The number of hydrogen-bond acceptors (Lipinski definition) is 5. The highest BCUT2D eigenvalue weighted by Gasteiger charge is 2.62. The summed E-state index contributed by atoms with van der Waals surface area (Å²) in [6, 6.07) is 14.1. The lowest BCUT2D eigenvalue weighted by atomic mass is 9.65. The number of hydrogen-bond donors (Lipinski definition) is 1. The average molecular weight is 491 g/mol. The summed E-state index contributed by atoms with van der Waals surface area (Å²) in [5.74, 6) is -0.767. The van der Waals surface area contributed by atoms with Crippen molar-refractivity contribution in [3.05, 3.63) is 64.9 Å². The Morgan fingerprint density at radius 3 is 2.35 bits per heavy atom. The molecule has 0 aliphatic carbocycles. The van der Waals surface area contributed by atoms with Gasteiger partial charge in [-0.25, -0.2) is 9.40 Å². The highest BCUT2D eigenvalue weighted by Crippen LogP contribution is 2.53. The molecule has 7 heteroatoms. The van der Waals surface area contributed by atoms with E-state index in [-0.39, 0.29) is 23.4 Å². The average Bonchev–Trinajstić information content (AvgIpc) is 3.30. The monoisotopic (exact) mass is 490 g/mol. The van der Waals surface area contributed by atoms with Gasteiger partial charge < -0.3 is 14.2 Å². The number of rotatable bonds is 9. The molecule has 0 bridgehead atoms. The molecule has 2 aliphatic heterocycles. The molecule has 2 heterocycles. The first-order valence-corrected chi connectivity index (χ1v) is 12.8. The molecule has 2 atom stereocenters. The normalized spacial score (nSPS) is 24.3. The van der Waals surface area contributed by atoms with Gasteiger partial charge in [0.25, 0.3) is 0 Å². The molecule has 0 amide bonds. The fraction of sp³-hybridized carbons (Fsp3) is 0.556. The van der Waals surface area contributed by atoms with Crippen LogP contribution < -0.4 is 10.2 Å². The van der Waals surface area contributed by atoms with Crippen LogP contribution in [-0.4, -0.2) is 43.5 Å². The van der Waals surface area contributed by atoms with Crippen molar-refractivity contribution in [1.82, 2.24) is 10.4 Å². The molecule has 4 rings (SSSR count). The maximum absolute atomic E-state index is 13.9. The van der Waals surface area contributed by atoms with Crippen molar-refractivity contribution in [1.29, 1.82) is 0 Å². The predicted molar refractivity (Wildman–Crippen MR) is 132 cm³/mol. The van der Waals surface area contributed by atoms with Gasteiger partial charge in [-0.1, -0.05) is 56.5 Å². The van der Waals surface area contributed by atoms with Gasteiger partial charge in [0.15, 0.2) is 0 Å². The minimum atomic E-state index is -1.04. The predicted octanol–water partition coefficient (Wildman–Crippen LogP) is 5.92. The zero-order valence-electron chi connectivity index (χ0n) is 20.4. The van der Waals surface area contributed by atoms with Crippen molar-refractivity contribution in [2.24, 2.45) is 5.92 Å². The van der Waals surface area contributed by atoms with Crippen LogP contribution in [0.15, 0.2) is 48.5 Å². The van der Waals surface area contributed by atoms with Gasteiger partial charge in [-0.15, -0.1) is 0 Å². The Morgan fingerprint density at radius 1 is 1.09 bits per heavy atom. The van der Waals surface area contributed by atoms with E-state index in [1.165, 1.54) is 12.1 Å². The smallest absolute Gasteiger partial charge is 0.203 e. The highest BCUT2D eigenvalue weighted by molar-refractivity contribution is 6.30. The highest BCUT2D eigenvalue weighted by atomic mass is 35.5. The first-order chi connectivity index (χ1) is 16.5. The van der Waals surface area contributed by atoms with Crippen molar-refractivity contribution >= 4 is 11.6 Å². The summed E-state index contributed by atoms with van der Waals surface area (Å²) < 4.78 is 33.7. The van der Waals surface area contributed by atoms with Crippen LogP contribution in [0.1, 0.15) is 51.5 Å². The van der Waals surface area contributed by atoms with Gasteiger partial charge in [-0.2, -0.15) is 0 Å². The molecule has 5 nitrogen and oxygen atoms in total. The van der Waals surface area contributed by atoms with Crippen molar-refractivity contribution in [2.75, 3.05) is 26.8 Å². The zero-order valence-corrected chi connectivity index (χ0v) is 21.1. The summed E-state index contributed by atoms with van der Waals surface area (Å²) in [5.41, 5.74) is 4.01. The lowest BCUT2D eigenvalue weighted by molar-refractivity contribution is -0.275. The summed E-state index contributed by atoms with van der Waals surface area (Å²) in [6.07, 6.45) is 4.47.